The summed E-state index contributed by atoms with van der Waals surface area (Å²) in [4.78, 5) is 27.1. The van der Waals surface area contributed by atoms with Gasteiger partial charge in [-0.3, -0.25) is 9.69 Å². The van der Waals surface area contributed by atoms with Gasteiger partial charge >= 0.3 is 6.03 Å². The number of anilines is 3. The minimum absolute atomic E-state index is 0.0104. The molecule has 0 unspecified atom stereocenters. The van der Waals surface area contributed by atoms with Gasteiger partial charge in [-0.05, 0) is 42.5 Å². The summed E-state index contributed by atoms with van der Waals surface area (Å²) in [7, 11) is 0. The summed E-state index contributed by atoms with van der Waals surface area (Å²) in [5.41, 5.74) is 7.29. The number of rotatable bonds is 2. The quantitative estimate of drug-likeness (QED) is 0.685. The molecule has 0 atom stereocenters. The van der Waals surface area contributed by atoms with E-state index in [1.165, 1.54) is 4.90 Å². The highest BCUT2D eigenvalue weighted by Gasteiger charge is 2.37. The van der Waals surface area contributed by atoms with Crippen molar-refractivity contribution in [3.8, 4) is 0 Å². The van der Waals surface area contributed by atoms with Crippen LogP contribution < -0.4 is 15.5 Å². The van der Waals surface area contributed by atoms with E-state index in [0.29, 0.717) is 22.1 Å². The summed E-state index contributed by atoms with van der Waals surface area (Å²) >= 11 is 5.93. The van der Waals surface area contributed by atoms with E-state index < -0.39 is 6.03 Å². The zero-order valence-corrected chi connectivity index (χ0v) is 11.7. The van der Waals surface area contributed by atoms with Crippen molar-refractivity contribution in [1.82, 2.24) is 0 Å². The summed E-state index contributed by atoms with van der Waals surface area (Å²) in [6, 6.07) is 13.0. The molecule has 2 aromatic rings. The van der Waals surface area contributed by atoms with Crippen LogP contribution in [0.3, 0.4) is 0 Å². The lowest BCUT2D eigenvalue weighted by atomic mass is 10.2. The molecule has 2 N–H and O–H groups in total. The Hall–Kier alpha value is -2.53. The van der Waals surface area contributed by atoms with Gasteiger partial charge in [-0.1, -0.05) is 17.7 Å². The molecule has 3 amide bonds. The SMILES string of the molecule is Nc1ccc(N2C(=O)CN(c3cccc(Cl)c3)C2=O)cc1. The second kappa shape index (κ2) is 5.10. The Labute approximate surface area is 126 Å². The van der Waals surface area contributed by atoms with E-state index in [2.05, 4.69) is 0 Å². The molecule has 0 bridgehead atoms. The number of hydrogen-bond donors (Lipinski definition) is 1. The maximum atomic E-state index is 12.5. The molecular formula is C15H12ClN3O2. The Kier molecular flexibility index (Phi) is 3.27. The van der Waals surface area contributed by atoms with Gasteiger partial charge in [0.15, 0.2) is 0 Å². The molecular weight excluding hydrogens is 290 g/mol. The molecule has 1 aliphatic heterocycles. The lowest BCUT2D eigenvalue weighted by Gasteiger charge is -2.17. The van der Waals surface area contributed by atoms with Gasteiger partial charge in [-0.15, -0.1) is 0 Å². The van der Waals surface area contributed by atoms with Crippen LogP contribution in [-0.2, 0) is 4.79 Å². The summed E-state index contributed by atoms with van der Waals surface area (Å²) in [6.45, 7) is -0.0104. The number of carbonyl (C=O) groups is 2. The first kappa shape index (κ1) is 13.5. The monoisotopic (exact) mass is 301 g/mol. The van der Waals surface area contributed by atoms with E-state index in [9.17, 15) is 9.59 Å². The van der Waals surface area contributed by atoms with Gasteiger partial charge < -0.3 is 5.73 Å². The molecule has 0 aromatic heterocycles. The highest BCUT2D eigenvalue weighted by Crippen LogP contribution is 2.27. The smallest absolute Gasteiger partial charge is 0.336 e. The Bertz CT molecular complexity index is 715. The zero-order valence-electron chi connectivity index (χ0n) is 11.0. The maximum Gasteiger partial charge on any atom is 0.336 e. The van der Waals surface area contributed by atoms with Crippen molar-refractivity contribution < 1.29 is 9.59 Å². The van der Waals surface area contributed by atoms with Crippen LogP contribution in [0.2, 0.25) is 5.02 Å². The van der Waals surface area contributed by atoms with E-state index >= 15 is 0 Å². The van der Waals surface area contributed by atoms with Crippen molar-refractivity contribution in [3.05, 3.63) is 53.6 Å². The third-order valence-corrected chi connectivity index (χ3v) is 3.47. The summed E-state index contributed by atoms with van der Waals surface area (Å²) < 4.78 is 0. The number of nitrogen functional groups attached to an aromatic ring is 1. The number of carbonyl (C=O) groups excluding carboxylic acids is 2. The first-order valence-corrected chi connectivity index (χ1v) is 6.69. The molecule has 5 nitrogen and oxygen atoms in total. The molecule has 2 aromatic carbocycles. The van der Waals surface area contributed by atoms with Crippen LogP contribution in [0, 0.1) is 0 Å². The topological polar surface area (TPSA) is 66.6 Å². The number of urea groups is 1. The zero-order chi connectivity index (χ0) is 15.0. The van der Waals surface area contributed by atoms with Gasteiger partial charge in [-0.25, -0.2) is 9.69 Å². The van der Waals surface area contributed by atoms with Crippen LogP contribution in [0.15, 0.2) is 48.5 Å². The first-order valence-electron chi connectivity index (χ1n) is 6.32. The molecule has 1 saturated heterocycles. The number of amides is 3. The summed E-state index contributed by atoms with van der Waals surface area (Å²) in [5, 5.41) is 0.513. The van der Waals surface area contributed by atoms with E-state index in [4.69, 9.17) is 17.3 Å². The van der Waals surface area contributed by atoms with Gasteiger partial charge in [0.25, 0.3) is 5.91 Å². The number of halogens is 1. The molecule has 0 radical (unpaired) electrons. The van der Waals surface area contributed by atoms with Crippen molar-refractivity contribution in [2.45, 2.75) is 0 Å². The Morgan fingerprint density at radius 3 is 2.38 bits per heavy atom. The standard InChI is InChI=1S/C15H12ClN3O2/c16-10-2-1-3-13(8-10)18-9-14(20)19(15(18)21)12-6-4-11(17)5-7-12/h1-8H,9,17H2. The largest absolute Gasteiger partial charge is 0.399 e. The normalized spacial score (nSPS) is 14.9. The van der Waals surface area contributed by atoms with Gasteiger partial charge in [0, 0.05) is 16.4 Å². The molecule has 1 aliphatic rings. The summed E-state index contributed by atoms with van der Waals surface area (Å²) in [6.07, 6.45) is 0. The molecule has 1 heterocycles. The molecule has 3 rings (SSSR count). The fourth-order valence-corrected chi connectivity index (χ4v) is 2.41. The second-order valence-electron chi connectivity index (χ2n) is 4.67. The van der Waals surface area contributed by atoms with Gasteiger partial charge in [-0.2, -0.15) is 0 Å². The molecule has 21 heavy (non-hydrogen) atoms. The fraction of sp³-hybridized carbons (Fsp3) is 0.0667. The molecule has 1 fully saturated rings. The lowest BCUT2D eigenvalue weighted by molar-refractivity contribution is -0.115. The number of hydrogen-bond acceptors (Lipinski definition) is 3. The number of benzene rings is 2. The van der Waals surface area contributed by atoms with Crippen molar-refractivity contribution in [2.24, 2.45) is 0 Å². The van der Waals surface area contributed by atoms with Crippen LogP contribution >= 0.6 is 11.6 Å². The van der Waals surface area contributed by atoms with Crippen LogP contribution in [0.5, 0.6) is 0 Å². The second-order valence-corrected chi connectivity index (χ2v) is 5.11. The van der Waals surface area contributed by atoms with Crippen molar-refractivity contribution >= 4 is 40.6 Å². The highest BCUT2D eigenvalue weighted by molar-refractivity contribution is 6.31. The summed E-state index contributed by atoms with van der Waals surface area (Å²) in [5.74, 6) is -0.287. The van der Waals surface area contributed by atoms with Crippen molar-refractivity contribution in [2.75, 3.05) is 22.1 Å². The number of nitrogens with two attached hydrogens (primary N) is 1. The van der Waals surface area contributed by atoms with Gasteiger partial charge in [0.1, 0.15) is 6.54 Å². The predicted molar refractivity (Wildman–Crippen MR) is 82.5 cm³/mol. The minimum Gasteiger partial charge on any atom is -0.399 e. The average Bonchev–Trinajstić information content (AvgIpc) is 2.75. The van der Waals surface area contributed by atoms with E-state index in [0.717, 1.165) is 4.90 Å². The average molecular weight is 302 g/mol. The van der Waals surface area contributed by atoms with Crippen molar-refractivity contribution in [1.29, 1.82) is 0 Å². The van der Waals surface area contributed by atoms with E-state index in [1.807, 2.05) is 0 Å². The van der Waals surface area contributed by atoms with E-state index in [1.54, 1.807) is 48.5 Å². The van der Waals surface area contributed by atoms with E-state index in [-0.39, 0.29) is 12.5 Å². The van der Waals surface area contributed by atoms with Gasteiger partial charge in [0.2, 0.25) is 0 Å². The Morgan fingerprint density at radius 2 is 1.71 bits per heavy atom. The third-order valence-electron chi connectivity index (χ3n) is 3.24. The van der Waals surface area contributed by atoms with Crippen LogP contribution in [0.25, 0.3) is 0 Å². The molecule has 0 saturated carbocycles. The predicted octanol–water partition coefficient (Wildman–Crippen LogP) is 2.90. The Balaban J connectivity index is 1.94. The van der Waals surface area contributed by atoms with Crippen molar-refractivity contribution in [3.63, 3.8) is 0 Å². The van der Waals surface area contributed by atoms with Crippen LogP contribution in [-0.4, -0.2) is 18.5 Å². The van der Waals surface area contributed by atoms with Crippen LogP contribution in [0.4, 0.5) is 21.9 Å². The first-order chi connectivity index (χ1) is 10.1. The molecule has 0 spiro atoms. The maximum absolute atomic E-state index is 12.5. The van der Waals surface area contributed by atoms with Gasteiger partial charge in [0.05, 0.1) is 5.69 Å². The number of imide groups is 1. The molecule has 106 valence electrons. The Morgan fingerprint density at radius 1 is 1.00 bits per heavy atom. The minimum atomic E-state index is -0.396. The fourth-order valence-electron chi connectivity index (χ4n) is 2.22. The van der Waals surface area contributed by atoms with Crippen LogP contribution in [0.1, 0.15) is 0 Å². The lowest BCUT2D eigenvalue weighted by Crippen LogP contribution is -2.32. The molecule has 6 heteroatoms. The molecule has 0 aliphatic carbocycles. The number of nitrogens with zero attached hydrogens (tertiary/aromatic N) is 2. The highest BCUT2D eigenvalue weighted by atomic mass is 35.5. The third kappa shape index (κ3) is 2.43.